The molecule has 0 saturated heterocycles. The van der Waals surface area contributed by atoms with E-state index in [0.29, 0.717) is 17.5 Å². The normalized spacial score (nSPS) is 11.6. The van der Waals surface area contributed by atoms with Crippen LogP contribution in [0.5, 0.6) is 5.75 Å². The number of rotatable bonds is 5. The van der Waals surface area contributed by atoms with Gasteiger partial charge in [-0.05, 0) is 37.4 Å². The number of Topliss-reactive ketones (excluding diaryl/α,β-unsaturated/α-hetero) is 1. The van der Waals surface area contributed by atoms with Crippen molar-refractivity contribution in [3.8, 4) is 5.75 Å². The summed E-state index contributed by atoms with van der Waals surface area (Å²) in [5, 5.41) is 0. The molecule has 0 heterocycles. The molecular formula is C13H20O3Si. The molecule has 0 radical (unpaired) electrons. The lowest BCUT2D eigenvalue weighted by Crippen LogP contribution is -2.34. The third kappa shape index (κ3) is 4.71. The highest BCUT2D eigenvalue weighted by Gasteiger charge is 2.18. The van der Waals surface area contributed by atoms with E-state index in [1.54, 1.807) is 24.3 Å². The zero-order chi connectivity index (χ0) is 13.1. The molecule has 0 aliphatic heterocycles. The summed E-state index contributed by atoms with van der Waals surface area (Å²) in [5.74, 6) is 0.832. The molecule has 0 saturated carbocycles. The van der Waals surface area contributed by atoms with Crippen LogP contribution in [0.3, 0.4) is 0 Å². The van der Waals surface area contributed by atoms with E-state index in [1.165, 1.54) is 0 Å². The molecular weight excluding hydrogens is 232 g/mol. The molecule has 1 N–H and O–H groups in total. The highest BCUT2D eigenvalue weighted by molar-refractivity contribution is 6.69. The number of carbonyl (C=O) groups is 1. The maximum absolute atomic E-state index is 11.7. The molecule has 0 amide bonds. The van der Waals surface area contributed by atoms with Gasteiger partial charge in [0, 0.05) is 11.5 Å². The number of ketones is 1. The Labute approximate surface area is 104 Å². The summed E-state index contributed by atoms with van der Waals surface area (Å²) in [6.45, 7) is 7.41. The fourth-order valence-electron chi connectivity index (χ4n) is 1.31. The summed E-state index contributed by atoms with van der Waals surface area (Å²) in [4.78, 5) is 21.4. The molecule has 0 spiro atoms. The maximum atomic E-state index is 11.7. The first-order valence-corrected chi connectivity index (χ1v) is 8.94. The minimum atomic E-state index is -2.18. The maximum Gasteiger partial charge on any atom is 0.220 e. The molecule has 4 heteroatoms. The highest BCUT2D eigenvalue weighted by atomic mass is 28.4. The molecule has 94 valence electrons. The first-order chi connectivity index (χ1) is 7.79. The van der Waals surface area contributed by atoms with E-state index in [0.717, 1.165) is 0 Å². The summed E-state index contributed by atoms with van der Waals surface area (Å²) in [6.07, 6.45) is 0.366. The molecule has 1 rings (SSSR count). The summed E-state index contributed by atoms with van der Waals surface area (Å²) in [6, 6.07) is 7.08. The van der Waals surface area contributed by atoms with Crippen molar-refractivity contribution in [2.24, 2.45) is 5.92 Å². The van der Waals surface area contributed by atoms with Crippen LogP contribution in [0.1, 0.15) is 24.2 Å². The molecule has 1 aromatic carbocycles. The second-order valence-electron chi connectivity index (χ2n) is 5.14. The Hall–Kier alpha value is -1.13. The van der Waals surface area contributed by atoms with Gasteiger partial charge in [-0.25, -0.2) is 0 Å². The van der Waals surface area contributed by atoms with E-state index in [9.17, 15) is 9.59 Å². The van der Waals surface area contributed by atoms with Gasteiger partial charge < -0.3 is 9.53 Å². The van der Waals surface area contributed by atoms with E-state index in [-0.39, 0.29) is 11.7 Å². The minimum Gasteiger partial charge on any atom is -0.494 e. The van der Waals surface area contributed by atoms with Crippen LogP contribution in [0, 0.1) is 5.92 Å². The quantitative estimate of drug-likeness (QED) is 0.647. The van der Waals surface area contributed by atoms with Crippen LogP contribution in [0.4, 0.5) is 0 Å². The van der Waals surface area contributed by atoms with Crippen molar-refractivity contribution >= 4 is 14.1 Å². The number of hydrogen-bond acceptors (Lipinski definition) is 3. The van der Waals surface area contributed by atoms with Gasteiger partial charge in [0.1, 0.15) is 12.0 Å². The van der Waals surface area contributed by atoms with Crippen LogP contribution in [0.2, 0.25) is 13.1 Å². The highest BCUT2D eigenvalue weighted by Crippen LogP contribution is 2.15. The number of benzene rings is 1. The van der Waals surface area contributed by atoms with E-state index in [2.05, 4.69) is 0 Å². The zero-order valence-electron chi connectivity index (χ0n) is 10.9. The fraction of sp³-hybridized carbons (Fsp3) is 0.462. The van der Waals surface area contributed by atoms with E-state index >= 15 is 0 Å². The van der Waals surface area contributed by atoms with Crippen molar-refractivity contribution in [3.63, 3.8) is 0 Å². The van der Waals surface area contributed by atoms with Crippen LogP contribution in [0.15, 0.2) is 24.3 Å². The lowest BCUT2D eigenvalue weighted by Gasteiger charge is -2.15. The Morgan fingerprint density at radius 3 is 2.24 bits per heavy atom. The van der Waals surface area contributed by atoms with Crippen molar-refractivity contribution in [1.82, 2.24) is 0 Å². The Morgan fingerprint density at radius 2 is 1.82 bits per heavy atom. The smallest absolute Gasteiger partial charge is 0.220 e. The van der Waals surface area contributed by atoms with Crippen LogP contribution < -0.4 is 4.74 Å². The molecule has 3 nitrogen and oxygen atoms in total. The van der Waals surface area contributed by atoms with Gasteiger partial charge in [-0.3, -0.25) is 4.79 Å². The monoisotopic (exact) mass is 252 g/mol. The van der Waals surface area contributed by atoms with E-state index in [4.69, 9.17) is 4.74 Å². The second kappa shape index (κ2) is 5.47. The molecule has 1 aromatic rings. The van der Waals surface area contributed by atoms with Gasteiger partial charge in [0.05, 0.1) is 0 Å². The average Bonchev–Trinajstić information content (AvgIpc) is 2.25. The fourth-order valence-corrected chi connectivity index (χ4v) is 1.83. The lowest BCUT2D eigenvalue weighted by atomic mass is 10.0. The minimum absolute atomic E-state index is 0.00514. The first kappa shape index (κ1) is 13.9. The zero-order valence-corrected chi connectivity index (χ0v) is 11.9. The van der Waals surface area contributed by atoms with Crippen LogP contribution >= 0.6 is 0 Å². The Kier molecular flexibility index (Phi) is 4.48. The third-order valence-electron chi connectivity index (χ3n) is 2.26. The molecule has 0 aliphatic rings. The molecule has 0 atom stereocenters. The average molecular weight is 252 g/mol. The SMILES string of the molecule is CC(C)C(=O)c1ccc(OC[Si](C)(C)O)cc1. The second-order valence-corrected chi connectivity index (χ2v) is 9.06. The van der Waals surface area contributed by atoms with Gasteiger partial charge in [0.15, 0.2) is 5.78 Å². The summed E-state index contributed by atoms with van der Waals surface area (Å²) in [7, 11) is -2.18. The lowest BCUT2D eigenvalue weighted by molar-refractivity contribution is 0.0939. The van der Waals surface area contributed by atoms with E-state index in [1.807, 2.05) is 26.9 Å². The number of hydrogen-bond donors (Lipinski definition) is 1. The largest absolute Gasteiger partial charge is 0.494 e. The third-order valence-corrected chi connectivity index (χ3v) is 3.11. The number of ether oxygens (including phenoxy) is 1. The van der Waals surface area contributed by atoms with E-state index < -0.39 is 8.32 Å². The Morgan fingerprint density at radius 1 is 1.29 bits per heavy atom. The van der Waals surface area contributed by atoms with Gasteiger partial charge in [0.25, 0.3) is 0 Å². The van der Waals surface area contributed by atoms with Crippen molar-refractivity contribution < 1.29 is 14.3 Å². The predicted octanol–water partition coefficient (Wildman–Crippen LogP) is 2.64. The summed E-state index contributed by atoms with van der Waals surface area (Å²) in [5.41, 5.74) is 0.702. The summed E-state index contributed by atoms with van der Waals surface area (Å²) >= 11 is 0. The molecule has 0 unspecified atom stereocenters. The van der Waals surface area contributed by atoms with Gasteiger partial charge in [-0.15, -0.1) is 0 Å². The van der Waals surface area contributed by atoms with Gasteiger partial charge in [-0.2, -0.15) is 0 Å². The number of carbonyl (C=O) groups excluding carboxylic acids is 1. The molecule has 0 aliphatic carbocycles. The molecule has 0 aromatic heterocycles. The van der Waals surface area contributed by atoms with Gasteiger partial charge >= 0.3 is 0 Å². The predicted molar refractivity (Wildman–Crippen MR) is 70.8 cm³/mol. The Balaban J connectivity index is 2.66. The molecule has 0 fully saturated rings. The van der Waals surface area contributed by atoms with Crippen LogP contribution in [0.25, 0.3) is 0 Å². The standard InChI is InChI=1S/C13H20O3Si/c1-10(2)13(14)11-5-7-12(8-6-11)16-9-17(3,4)15/h5-8,10,15H,9H2,1-4H3. The van der Waals surface area contributed by atoms with Crippen LogP contribution in [-0.4, -0.2) is 25.1 Å². The van der Waals surface area contributed by atoms with Crippen molar-refractivity contribution in [1.29, 1.82) is 0 Å². The van der Waals surface area contributed by atoms with Crippen molar-refractivity contribution in [2.45, 2.75) is 26.9 Å². The van der Waals surface area contributed by atoms with Gasteiger partial charge in [0.2, 0.25) is 8.32 Å². The first-order valence-electron chi connectivity index (χ1n) is 5.79. The molecule has 17 heavy (non-hydrogen) atoms. The van der Waals surface area contributed by atoms with Crippen molar-refractivity contribution in [2.75, 3.05) is 6.23 Å². The summed E-state index contributed by atoms with van der Waals surface area (Å²) < 4.78 is 5.47. The topological polar surface area (TPSA) is 46.5 Å². The van der Waals surface area contributed by atoms with Gasteiger partial charge in [-0.1, -0.05) is 13.8 Å². The van der Waals surface area contributed by atoms with Crippen LogP contribution in [-0.2, 0) is 0 Å². The van der Waals surface area contributed by atoms with Crippen molar-refractivity contribution in [3.05, 3.63) is 29.8 Å². The molecule has 0 bridgehead atoms. The Bertz CT molecular complexity index is 377.